The van der Waals surface area contributed by atoms with Crippen molar-refractivity contribution in [2.75, 3.05) is 19.6 Å². The Morgan fingerprint density at radius 3 is 1.13 bits per heavy atom. The van der Waals surface area contributed by atoms with E-state index in [1.807, 2.05) is 0 Å². The standard InChI is InChI=1S/C28H59NO2/c1-4-7-10-12-14-16-18-20-22-27(30)25-29(24-9-6-3)26-28(31)23-21-19-17-15-13-11-8-5-2/h27-28,30-31H,4-26H2,1-3H3. The minimum Gasteiger partial charge on any atom is -0.392 e. The van der Waals surface area contributed by atoms with Gasteiger partial charge in [-0.3, -0.25) is 4.90 Å². The van der Waals surface area contributed by atoms with Crippen molar-refractivity contribution in [1.82, 2.24) is 4.90 Å². The number of aliphatic hydroxyl groups excluding tert-OH is 2. The molecule has 0 aromatic carbocycles. The first-order valence-corrected chi connectivity index (χ1v) is 14.2. The maximum Gasteiger partial charge on any atom is 0.0667 e. The fraction of sp³-hybridized carbons (Fsp3) is 1.00. The van der Waals surface area contributed by atoms with Crippen LogP contribution in [-0.2, 0) is 0 Å². The molecule has 0 aromatic heterocycles. The molecule has 2 atom stereocenters. The lowest BCUT2D eigenvalue weighted by Crippen LogP contribution is -2.38. The molecule has 0 heterocycles. The molecule has 0 saturated carbocycles. The van der Waals surface area contributed by atoms with Gasteiger partial charge in [-0.15, -0.1) is 0 Å². The van der Waals surface area contributed by atoms with Crippen LogP contribution in [0.15, 0.2) is 0 Å². The van der Waals surface area contributed by atoms with Crippen LogP contribution in [0.25, 0.3) is 0 Å². The molecule has 2 unspecified atom stereocenters. The van der Waals surface area contributed by atoms with Gasteiger partial charge in [-0.2, -0.15) is 0 Å². The SMILES string of the molecule is CCCCCCCCCCC(O)CN(CCCC)CC(O)CCCCCCCCCC. The van der Waals surface area contributed by atoms with Gasteiger partial charge in [-0.05, 0) is 25.8 Å². The van der Waals surface area contributed by atoms with E-state index in [4.69, 9.17) is 0 Å². The summed E-state index contributed by atoms with van der Waals surface area (Å²) in [7, 11) is 0. The number of hydrogen-bond acceptors (Lipinski definition) is 3. The highest BCUT2D eigenvalue weighted by Crippen LogP contribution is 2.14. The van der Waals surface area contributed by atoms with Gasteiger partial charge >= 0.3 is 0 Å². The van der Waals surface area contributed by atoms with E-state index in [1.165, 1.54) is 96.3 Å². The van der Waals surface area contributed by atoms with Crippen LogP contribution in [0.3, 0.4) is 0 Å². The number of unbranched alkanes of at least 4 members (excludes halogenated alkanes) is 15. The summed E-state index contributed by atoms with van der Waals surface area (Å²) in [6.07, 6.45) is 24.6. The molecule has 0 rings (SSSR count). The van der Waals surface area contributed by atoms with Crippen LogP contribution < -0.4 is 0 Å². The van der Waals surface area contributed by atoms with E-state index in [0.29, 0.717) is 0 Å². The highest BCUT2D eigenvalue weighted by molar-refractivity contribution is 4.70. The van der Waals surface area contributed by atoms with Crippen LogP contribution >= 0.6 is 0 Å². The zero-order valence-corrected chi connectivity index (χ0v) is 21.8. The molecule has 0 aliphatic carbocycles. The first-order valence-electron chi connectivity index (χ1n) is 14.2. The minimum atomic E-state index is -0.243. The van der Waals surface area contributed by atoms with Crippen molar-refractivity contribution in [2.45, 2.75) is 161 Å². The zero-order chi connectivity index (χ0) is 23.0. The predicted molar refractivity (Wildman–Crippen MR) is 138 cm³/mol. The van der Waals surface area contributed by atoms with Gasteiger partial charge in [-0.25, -0.2) is 0 Å². The summed E-state index contributed by atoms with van der Waals surface area (Å²) in [4.78, 5) is 2.31. The lowest BCUT2D eigenvalue weighted by Gasteiger charge is -2.27. The normalized spacial score (nSPS) is 13.7. The van der Waals surface area contributed by atoms with Crippen molar-refractivity contribution in [3.63, 3.8) is 0 Å². The van der Waals surface area contributed by atoms with Crippen molar-refractivity contribution in [3.05, 3.63) is 0 Å². The summed E-state index contributed by atoms with van der Waals surface area (Å²) in [5, 5.41) is 21.0. The summed E-state index contributed by atoms with van der Waals surface area (Å²) in [6, 6.07) is 0. The molecule has 3 heteroatoms. The Bertz CT molecular complexity index is 309. The molecule has 0 aliphatic rings. The summed E-state index contributed by atoms with van der Waals surface area (Å²) in [6.45, 7) is 9.20. The number of hydrogen-bond donors (Lipinski definition) is 2. The molecule has 0 amide bonds. The van der Waals surface area contributed by atoms with Crippen molar-refractivity contribution >= 4 is 0 Å². The maximum atomic E-state index is 10.5. The van der Waals surface area contributed by atoms with E-state index in [0.717, 1.165) is 51.7 Å². The summed E-state index contributed by atoms with van der Waals surface area (Å²) < 4.78 is 0. The third-order valence-corrected chi connectivity index (χ3v) is 6.55. The Balaban J connectivity index is 3.88. The minimum absolute atomic E-state index is 0.243. The van der Waals surface area contributed by atoms with Gasteiger partial charge in [0.1, 0.15) is 0 Å². The Morgan fingerprint density at radius 1 is 0.452 bits per heavy atom. The lowest BCUT2D eigenvalue weighted by atomic mass is 10.0. The summed E-state index contributed by atoms with van der Waals surface area (Å²) in [5.74, 6) is 0. The molecule has 31 heavy (non-hydrogen) atoms. The fourth-order valence-corrected chi connectivity index (χ4v) is 4.45. The molecule has 0 aliphatic heterocycles. The molecule has 0 bridgehead atoms. The highest BCUT2D eigenvalue weighted by Gasteiger charge is 2.15. The molecule has 0 spiro atoms. The van der Waals surface area contributed by atoms with Crippen molar-refractivity contribution in [2.24, 2.45) is 0 Å². The van der Waals surface area contributed by atoms with E-state index in [2.05, 4.69) is 25.7 Å². The molecule has 188 valence electrons. The van der Waals surface area contributed by atoms with E-state index in [9.17, 15) is 10.2 Å². The van der Waals surface area contributed by atoms with Crippen LogP contribution in [-0.4, -0.2) is 47.0 Å². The molecule has 0 aromatic rings. The van der Waals surface area contributed by atoms with E-state index in [1.54, 1.807) is 0 Å². The third-order valence-electron chi connectivity index (χ3n) is 6.55. The van der Waals surface area contributed by atoms with Crippen LogP contribution in [0.4, 0.5) is 0 Å². The van der Waals surface area contributed by atoms with Crippen LogP contribution in [0, 0.1) is 0 Å². The second kappa shape index (κ2) is 24.5. The largest absolute Gasteiger partial charge is 0.392 e. The van der Waals surface area contributed by atoms with Crippen molar-refractivity contribution < 1.29 is 10.2 Å². The predicted octanol–water partition coefficient (Wildman–Crippen LogP) is 7.87. The second-order valence-corrected chi connectivity index (χ2v) is 9.95. The lowest BCUT2D eigenvalue weighted by molar-refractivity contribution is 0.0598. The number of aliphatic hydroxyl groups is 2. The van der Waals surface area contributed by atoms with E-state index < -0.39 is 0 Å². The van der Waals surface area contributed by atoms with Gasteiger partial charge in [0.25, 0.3) is 0 Å². The molecular weight excluding hydrogens is 382 g/mol. The topological polar surface area (TPSA) is 43.7 Å². The Morgan fingerprint density at radius 2 is 0.774 bits per heavy atom. The van der Waals surface area contributed by atoms with Crippen molar-refractivity contribution in [1.29, 1.82) is 0 Å². The maximum absolute atomic E-state index is 10.5. The zero-order valence-electron chi connectivity index (χ0n) is 21.8. The quantitative estimate of drug-likeness (QED) is 0.142. The molecule has 2 N–H and O–H groups in total. The smallest absolute Gasteiger partial charge is 0.0667 e. The second-order valence-electron chi connectivity index (χ2n) is 9.95. The molecule has 3 nitrogen and oxygen atoms in total. The van der Waals surface area contributed by atoms with Gasteiger partial charge in [0.2, 0.25) is 0 Å². The molecule has 0 radical (unpaired) electrons. The summed E-state index contributed by atoms with van der Waals surface area (Å²) in [5.41, 5.74) is 0. The van der Waals surface area contributed by atoms with Gasteiger partial charge < -0.3 is 10.2 Å². The van der Waals surface area contributed by atoms with E-state index >= 15 is 0 Å². The average Bonchev–Trinajstić information content (AvgIpc) is 2.75. The van der Waals surface area contributed by atoms with Crippen LogP contribution in [0.5, 0.6) is 0 Å². The van der Waals surface area contributed by atoms with Crippen molar-refractivity contribution in [3.8, 4) is 0 Å². The summed E-state index contributed by atoms with van der Waals surface area (Å²) >= 11 is 0. The van der Waals surface area contributed by atoms with Gasteiger partial charge in [0.15, 0.2) is 0 Å². The average molecular weight is 442 g/mol. The van der Waals surface area contributed by atoms with Crippen LogP contribution in [0.1, 0.15) is 149 Å². The number of rotatable bonds is 25. The first-order chi connectivity index (χ1) is 15.1. The van der Waals surface area contributed by atoms with Gasteiger partial charge in [0, 0.05) is 13.1 Å². The van der Waals surface area contributed by atoms with E-state index in [-0.39, 0.29) is 12.2 Å². The van der Waals surface area contributed by atoms with Gasteiger partial charge in [0.05, 0.1) is 12.2 Å². The van der Waals surface area contributed by atoms with Crippen LogP contribution in [0.2, 0.25) is 0 Å². The fourth-order valence-electron chi connectivity index (χ4n) is 4.45. The molecular formula is C28H59NO2. The molecule has 0 fully saturated rings. The Kier molecular flexibility index (Phi) is 24.4. The monoisotopic (exact) mass is 441 g/mol. The highest BCUT2D eigenvalue weighted by atomic mass is 16.3. The Hall–Kier alpha value is -0.120. The molecule has 0 saturated heterocycles. The Labute approximate surface area is 196 Å². The first kappa shape index (κ1) is 30.9. The third kappa shape index (κ3) is 22.9. The van der Waals surface area contributed by atoms with Gasteiger partial charge in [-0.1, -0.05) is 130 Å². The number of nitrogens with zero attached hydrogens (tertiary/aromatic N) is 1.